The molecule has 0 fully saturated rings. The molecule has 136 valence electrons. The summed E-state index contributed by atoms with van der Waals surface area (Å²) in [5.74, 6) is -0.896. The smallest absolute Gasteiger partial charge is 0.406 e. The van der Waals surface area contributed by atoms with Gasteiger partial charge < -0.3 is 10.1 Å². The van der Waals surface area contributed by atoms with Gasteiger partial charge in [0, 0.05) is 18.7 Å². The molecule has 1 aromatic carbocycles. The van der Waals surface area contributed by atoms with E-state index in [9.17, 15) is 26.4 Å². The van der Waals surface area contributed by atoms with Crippen LogP contribution < -0.4 is 14.8 Å². The molecular weight excluding hydrogens is 381 g/mol. The van der Waals surface area contributed by atoms with Crippen molar-refractivity contribution < 1.29 is 31.1 Å². The van der Waals surface area contributed by atoms with E-state index >= 15 is 0 Å². The van der Waals surface area contributed by atoms with Crippen LogP contribution in [-0.2, 0) is 14.8 Å². The minimum atomic E-state index is -4.79. The number of nitrogens with one attached hydrogen (secondary N) is 2. The standard InChI is InChI=1S/C14H13F3N2O4S2/c15-14(16,17)23-11-5-3-10(4-6-11)19-12(20)7-8-18-25(21,22)13-2-1-9-24-13/h1-6,9,18H,7-8H2,(H,19,20). The molecule has 0 aliphatic carbocycles. The molecule has 0 bridgehead atoms. The maximum absolute atomic E-state index is 12.0. The van der Waals surface area contributed by atoms with Gasteiger partial charge in [0.05, 0.1) is 0 Å². The van der Waals surface area contributed by atoms with E-state index in [1.54, 1.807) is 11.4 Å². The molecule has 0 saturated heterocycles. The van der Waals surface area contributed by atoms with E-state index < -0.39 is 28.0 Å². The van der Waals surface area contributed by atoms with Gasteiger partial charge in [0.1, 0.15) is 9.96 Å². The van der Waals surface area contributed by atoms with Crippen LogP contribution in [0.1, 0.15) is 6.42 Å². The van der Waals surface area contributed by atoms with Crippen molar-refractivity contribution >= 4 is 33.0 Å². The molecule has 2 rings (SSSR count). The lowest BCUT2D eigenvalue weighted by atomic mass is 10.3. The Bertz CT molecular complexity index is 804. The Labute approximate surface area is 145 Å². The quantitative estimate of drug-likeness (QED) is 0.756. The summed E-state index contributed by atoms with van der Waals surface area (Å²) >= 11 is 1.05. The summed E-state index contributed by atoms with van der Waals surface area (Å²) < 4.78 is 66.0. The molecule has 1 amide bonds. The predicted molar refractivity (Wildman–Crippen MR) is 85.9 cm³/mol. The first kappa shape index (κ1) is 19.2. The number of hydrogen-bond donors (Lipinski definition) is 2. The van der Waals surface area contributed by atoms with Crippen molar-refractivity contribution in [3.8, 4) is 5.75 Å². The summed E-state index contributed by atoms with van der Waals surface area (Å²) in [5, 5.41) is 4.06. The molecule has 0 unspecified atom stereocenters. The van der Waals surface area contributed by atoms with Crippen LogP contribution in [0.15, 0.2) is 46.0 Å². The Balaban J connectivity index is 1.80. The summed E-state index contributed by atoms with van der Waals surface area (Å²) in [5.41, 5.74) is 0.264. The Morgan fingerprint density at radius 1 is 1.16 bits per heavy atom. The van der Waals surface area contributed by atoms with E-state index in [0.717, 1.165) is 23.5 Å². The number of hydrogen-bond acceptors (Lipinski definition) is 5. The zero-order valence-corrected chi connectivity index (χ0v) is 14.2. The highest BCUT2D eigenvalue weighted by Crippen LogP contribution is 2.24. The predicted octanol–water partition coefficient (Wildman–Crippen LogP) is 2.95. The Kier molecular flexibility index (Phi) is 6.03. The fourth-order valence-electron chi connectivity index (χ4n) is 1.75. The van der Waals surface area contributed by atoms with Gasteiger partial charge in [-0.05, 0) is 35.7 Å². The van der Waals surface area contributed by atoms with Crippen LogP contribution in [0.3, 0.4) is 0 Å². The number of amides is 1. The van der Waals surface area contributed by atoms with Crippen molar-refractivity contribution in [3.05, 3.63) is 41.8 Å². The number of alkyl halides is 3. The largest absolute Gasteiger partial charge is 0.573 e. The molecule has 2 N–H and O–H groups in total. The van der Waals surface area contributed by atoms with Crippen LogP contribution in [0.25, 0.3) is 0 Å². The van der Waals surface area contributed by atoms with Crippen molar-refractivity contribution in [1.82, 2.24) is 4.72 Å². The van der Waals surface area contributed by atoms with Crippen molar-refractivity contribution in [1.29, 1.82) is 0 Å². The summed E-state index contributed by atoms with van der Waals surface area (Å²) in [7, 11) is -3.64. The minimum absolute atomic E-state index is 0.110. The van der Waals surface area contributed by atoms with E-state index in [4.69, 9.17) is 0 Å². The highest BCUT2D eigenvalue weighted by Gasteiger charge is 2.30. The van der Waals surface area contributed by atoms with Crippen LogP contribution in [-0.4, -0.2) is 27.2 Å². The number of halogens is 3. The van der Waals surface area contributed by atoms with Gasteiger partial charge in [-0.25, -0.2) is 13.1 Å². The Hall–Kier alpha value is -2.11. The second-order valence-corrected chi connectivity index (χ2v) is 7.64. The zero-order valence-electron chi connectivity index (χ0n) is 12.5. The van der Waals surface area contributed by atoms with Gasteiger partial charge in [0.25, 0.3) is 0 Å². The maximum atomic E-state index is 12.0. The van der Waals surface area contributed by atoms with Gasteiger partial charge in [-0.1, -0.05) is 6.07 Å². The molecule has 1 heterocycles. The van der Waals surface area contributed by atoms with Crippen LogP contribution in [0.2, 0.25) is 0 Å². The van der Waals surface area contributed by atoms with Gasteiger partial charge in [-0.3, -0.25) is 4.79 Å². The average molecular weight is 394 g/mol. The molecule has 0 aliphatic heterocycles. The number of rotatable bonds is 7. The van der Waals surface area contributed by atoms with Gasteiger partial charge in [-0.15, -0.1) is 24.5 Å². The minimum Gasteiger partial charge on any atom is -0.406 e. The van der Waals surface area contributed by atoms with E-state index in [1.807, 2.05) is 0 Å². The van der Waals surface area contributed by atoms with Gasteiger partial charge in [-0.2, -0.15) is 0 Å². The molecule has 0 saturated carbocycles. The lowest BCUT2D eigenvalue weighted by Gasteiger charge is -2.10. The summed E-state index contributed by atoms with van der Waals surface area (Å²) in [4.78, 5) is 11.7. The van der Waals surface area contributed by atoms with Crippen LogP contribution in [0.4, 0.5) is 18.9 Å². The molecule has 2 aromatic rings. The molecule has 1 aromatic heterocycles. The third kappa shape index (κ3) is 6.36. The normalized spacial score (nSPS) is 12.0. The number of sulfonamides is 1. The van der Waals surface area contributed by atoms with Crippen molar-refractivity contribution in [2.45, 2.75) is 17.0 Å². The van der Waals surface area contributed by atoms with Gasteiger partial charge in [0.2, 0.25) is 15.9 Å². The third-order valence-corrected chi connectivity index (χ3v) is 5.63. The number of benzene rings is 1. The first-order valence-corrected chi connectivity index (χ1v) is 9.21. The fourth-order valence-corrected chi connectivity index (χ4v) is 3.82. The number of anilines is 1. The number of carbonyl (C=O) groups excluding carboxylic acids is 1. The molecule has 0 aliphatic rings. The number of ether oxygens (including phenoxy) is 1. The third-order valence-electron chi connectivity index (χ3n) is 2.78. The van der Waals surface area contributed by atoms with E-state index in [0.29, 0.717) is 0 Å². The maximum Gasteiger partial charge on any atom is 0.573 e. The summed E-state index contributed by atoms with van der Waals surface area (Å²) in [6, 6.07) is 7.64. The highest BCUT2D eigenvalue weighted by molar-refractivity contribution is 7.91. The Morgan fingerprint density at radius 3 is 2.40 bits per heavy atom. The fraction of sp³-hybridized carbons (Fsp3) is 0.214. The SMILES string of the molecule is O=C(CCNS(=O)(=O)c1cccs1)Nc1ccc(OC(F)(F)F)cc1. The first-order valence-electron chi connectivity index (χ1n) is 6.84. The van der Waals surface area contributed by atoms with Crippen molar-refractivity contribution in [2.24, 2.45) is 0 Å². The molecule has 0 radical (unpaired) electrons. The highest BCUT2D eigenvalue weighted by atomic mass is 32.2. The average Bonchev–Trinajstić information content (AvgIpc) is 3.03. The molecule has 6 nitrogen and oxygen atoms in total. The second kappa shape index (κ2) is 7.85. The molecular formula is C14H13F3N2O4S2. The van der Waals surface area contributed by atoms with Gasteiger partial charge in [0.15, 0.2) is 0 Å². The molecule has 0 spiro atoms. The van der Waals surface area contributed by atoms with Gasteiger partial charge >= 0.3 is 6.36 Å². The van der Waals surface area contributed by atoms with Crippen LogP contribution in [0, 0.1) is 0 Å². The first-order chi connectivity index (χ1) is 11.7. The lowest BCUT2D eigenvalue weighted by Crippen LogP contribution is -2.27. The summed E-state index contributed by atoms with van der Waals surface area (Å²) in [6.45, 7) is -0.110. The number of thiophene rings is 1. The molecule has 11 heteroatoms. The van der Waals surface area contributed by atoms with E-state index in [1.165, 1.54) is 18.2 Å². The second-order valence-electron chi connectivity index (χ2n) is 4.70. The number of carbonyl (C=O) groups is 1. The lowest BCUT2D eigenvalue weighted by molar-refractivity contribution is -0.274. The van der Waals surface area contributed by atoms with E-state index in [-0.39, 0.29) is 22.9 Å². The molecule has 0 atom stereocenters. The Morgan fingerprint density at radius 2 is 1.84 bits per heavy atom. The topological polar surface area (TPSA) is 84.5 Å². The zero-order chi connectivity index (χ0) is 18.5. The van der Waals surface area contributed by atoms with E-state index in [2.05, 4.69) is 14.8 Å². The van der Waals surface area contributed by atoms with Crippen molar-refractivity contribution in [2.75, 3.05) is 11.9 Å². The molecule has 25 heavy (non-hydrogen) atoms. The van der Waals surface area contributed by atoms with Crippen LogP contribution in [0.5, 0.6) is 5.75 Å². The van der Waals surface area contributed by atoms with Crippen LogP contribution >= 0.6 is 11.3 Å². The summed E-state index contributed by atoms with van der Waals surface area (Å²) in [6.07, 6.45) is -4.92. The monoisotopic (exact) mass is 394 g/mol. The van der Waals surface area contributed by atoms with Crippen molar-refractivity contribution in [3.63, 3.8) is 0 Å².